The number of hydrogen-bond acceptors (Lipinski definition) is 5. The Morgan fingerprint density at radius 3 is 2.47 bits per heavy atom. The maximum absolute atomic E-state index is 12.2. The van der Waals surface area contributed by atoms with Crippen molar-refractivity contribution in [3.63, 3.8) is 0 Å². The molecule has 2 fully saturated rings. The second-order valence-electron chi connectivity index (χ2n) is 5.15. The van der Waals surface area contributed by atoms with Gasteiger partial charge in [0.2, 0.25) is 5.91 Å². The van der Waals surface area contributed by atoms with Crippen LogP contribution in [0.3, 0.4) is 0 Å². The van der Waals surface area contributed by atoms with E-state index < -0.39 is 39.7 Å². The highest BCUT2D eigenvalue weighted by Crippen LogP contribution is 2.54. The lowest BCUT2D eigenvalue weighted by molar-refractivity contribution is -0.200. The molecule has 2 amide bonds. The standard InChI is InChI=1S/C11H16N2O5S/c1-5(14)12-11(18-4)8(17)13-6(7(15)16)10(2,3)19-9(11)13/h6,9H,1-4H3,(H,12,14)(H,15,16)/t6-,9+,11-/m0/s1. The quantitative estimate of drug-likeness (QED) is 0.542. The molecule has 0 aromatic carbocycles. The van der Waals surface area contributed by atoms with Crippen molar-refractivity contribution in [1.82, 2.24) is 10.2 Å². The fourth-order valence-corrected chi connectivity index (χ4v) is 4.32. The Morgan fingerprint density at radius 1 is 1.47 bits per heavy atom. The Bertz CT molecular complexity index is 466. The number of nitrogens with zero attached hydrogens (tertiary/aromatic N) is 1. The fourth-order valence-electron chi connectivity index (χ4n) is 2.65. The molecule has 2 rings (SSSR count). The van der Waals surface area contributed by atoms with Gasteiger partial charge in [-0.1, -0.05) is 0 Å². The van der Waals surface area contributed by atoms with Crippen LogP contribution in [0.5, 0.6) is 0 Å². The first-order valence-electron chi connectivity index (χ1n) is 5.74. The molecule has 7 nitrogen and oxygen atoms in total. The Labute approximate surface area is 114 Å². The van der Waals surface area contributed by atoms with Gasteiger partial charge < -0.3 is 20.1 Å². The summed E-state index contributed by atoms with van der Waals surface area (Å²) < 4.78 is 4.55. The summed E-state index contributed by atoms with van der Waals surface area (Å²) in [6.45, 7) is 4.81. The molecular formula is C11H16N2O5S. The number of carboxylic acids is 1. The number of thioether (sulfide) groups is 1. The van der Waals surface area contributed by atoms with E-state index in [-0.39, 0.29) is 0 Å². The Morgan fingerprint density at radius 2 is 2.05 bits per heavy atom. The third kappa shape index (κ3) is 1.73. The van der Waals surface area contributed by atoms with Crippen molar-refractivity contribution in [3.05, 3.63) is 0 Å². The number of hydrogen-bond donors (Lipinski definition) is 2. The van der Waals surface area contributed by atoms with E-state index in [1.54, 1.807) is 13.8 Å². The molecule has 0 bridgehead atoms. The summed E-state index contributed by atoms with van der Waals surface area (Å²) >= 11 is 1.32. The van der Waals surface area contributed by atoms with Crippen LogP contribution in [0, 0.1) is 0 Å². The van der Waals surface area contributed by atoms with Crippen LogP contribution in [-0.2, 0) is 19.1 Å². The molecule has 3 atom stereocenters. The van der Waals surface area contributed by atoms with Crippen LogP contribution >= 0.6 is 11.8 Å². The van der Waals surface area contributed by atoms with Crippen molar-refractivity contribution in [2.24, 2.45) is 0 Å². The van der Waals surface area contributed by atoms with Crippen LogP contribution in [0.15, 0.2) is 0 Å². The molecule has 0 saturated carbocycles. The number of carbonyl (C=O) groups excluding carboxylic acids is 2. The molecule has 8 heteroatoms. The maximum atomic E-state index is 12.2. The molecule has 2 aliphatic rings. The van der Waals surface area contributed by atoms with Crippen LogP contribution in [-0.4, -0.2) is 56.8 Å². The zero-order valence-electron chi connectivity index (χ0n) is 11.1. The number of carboxylic acid groups (broad SMARTS) is 1. The van der Waals surface area contributed by atoms with Crippen LogP contribution in [0.25, 0.3) is 0 Å². The lowest BCUT2D eigenvalue weighted by Gasteiger charge is -2.51. The summed E-state index contributed by atoms with van der Waals surface area (Å²) in [5.41, 5.74) is -1.45. The van der Waals surface area contributed by atoms with Gasteiger partial charge in [-0.25, -0.2) is 4.79 Å². The zero-order chi connectivity index (χ0) is 14.6. The number of nitrogens with one attached hydrogen (secondary N) is 1. The van der Waals surface area contributed by atoms with Gasteiger partial charge in [0.05, 0.1) is 0 Å². The molecule has 0 aliphatic carbocycles. The van der Waals surface area contributed by atoms with E-state index in [1.807, 2.05) is 0 Å². The van der Waals surface area contributed by atoms with Gasteiger partial charge in [0.25, 0.3) is 11.6 Å². The molecule has 2 N–H and O–H groups in total. The Hall–Kier alpha value is -1.28. The molecule has 19 heavy (non-hydrogen) atoms. The minimum absolute atomic E-state index is 0.396. The molecule has 106 valence electrons. The largest absolute Gasteiger partial charge is 0.480 e. The molecule has 0 aromatic rings. The number of methoxy groups -OCH3 is 1. The third-order valence-corrected chi connectivity index (χ3v) is 5.04. The lowest BCUT2D eigenvalue weighted by atomic mass is 9.93. The number of β-lactam (4-membered cyclic amide) rings is 1. The van der Waals surface area contributed by atoms with Gasteiger partial charge in [-0.3, -0.25) is 9.59 Å². The van der Waals surface area contributed by atoms with Crippen LogP contribution in [0.2, 0.25) is 0 Å². The number of amides is 2. The van der Waals surface area contributed by atoms with Crippen molar-refractivity contribution in [3.8, 4) is 0 Å². The highest BCUT2D eigenvalue weighted by molar-refractivity contribution is 8.01. The monoisotopic (exact) mass is 288 g/mol. The molecule has 2 saturated heterocycles. The van der Waals surface area contributed by atoms with Crippen molar-refractivity contribution in [1.29, 1.82) is 0 Å². The summed E-state index contributed by atoms with van der Waals surface area (Å²) in [4.78, 5) is 36.1. The van der Waals surface area contributed by atoms with Crippen molar-refractivity contribution >= 4 is 29.5 Å². The van der Waals surface area contributed by atoms with Crippen molar-refractivity contribution < 1.29 is 24.2 Å². The predicted molar refractivity (Wildman–Crippen MR) is 67.3 cm³/mol. The fraction of sp³-hybridized carbons (Fsp3) is 0.727. The van der Waals surface area contributed by atoms with Gasteiger partial charge in [0, 0.05) is 18.8 Å². The van der Waals surface area contributed by atoms with Gasteiger partial charge in [0.15, 0.2) is 0 Å². The minimum atomic E-state index is -1.45. The topological polar surface area (TPSA) is 95.9 Å². The number of aliphatic carboxylic acids is 1. The first-order chi connectivity index (χ1) is 8.67. The average molecular weight is 288 g/mol. The van der Waals surface area contributed by atoms with E-state index in [9.17, 15) is 19.5 Å². The van der Waals surface area contributed by atoms with Gasteiger partial charge in [0.1, 0.15) is 11.4 Å². The highest BCUT2D eigenvalue weighted by atomic mass is 32.2. The lowest BCUT2D eigenvalue weighted by Crippen LogP contribution is -2.80. The Kier molecular flexibility index (Phi) is 3.06. The van der Waals surface area contributed by atoms with E-state index in [4.69, 9.17) is 4.74 Å². The first kappa shape index (κ1) is 14.1. The van der Waals surface area contributed by atoms with Gasteiger partial charge in [-0.2, -0.15) is 0 Å². The Balaban J connectivity index is 2.36. The second-order valence-corrected chi connectivity index (χ2v) is 6.88. The number of rotatable bonds is 3. The number of fused-ring (bicyclic) bond motifs is 1. The zero-order valence-corrected chi connectivity index (χ0v) is 11.9. The smallest absolute Gasteiger partial charge is 0.327 e. The summed E-state index contributed by atoms with van der Waals surface area (Å²) in [5.74, 6) is -1.96. The molecule has 0 unspecified atom stereocenters. The molecule has 0 spiro atoms. The molecule has 2 aliphatic heterocycles. The van der Waals surface area contributed by atoms with Gasteiger partial charge >= 0.3 is 5.97 Å². The predicted octanol–water partition coefficient (Wildman–Crippen LogP) is -0.388. The minimum Gasteiger partial charge on any atom is -0.480 e. The SMILES string of the molecule is CO[C@@]1(NC(C)=O)C(=O)N2[C@@H](C(=O)O)C(C)(C)S[C@@H]21. The third-order valence-electron chi connectivity index (χ3n) is 3.42. The number of carbonyl (C=O) groups is 3. The van der Waals surface area contributed by atoms with Gasteiger partial charge in [-0.15, -0.1) is 11.8 Å². The normalized spacial score (nSPS) is 35.6. The molecular weight excluding hydrogens is 272 g/mol. The highest BCUT2D eigenvalue weighted by Gasteiger charge is 2.72. The van der Waals surface area contributed by atoms with Gasteiger partial charge in [-0.05, 0) is 13.8 Å². The van der Waals surface area contributed by atoms with E-state index >= 15 is 0 Å². The van der Waals surface area contributed by atoms with Crippen LogP contribution in [0.4, 0.5) is 0 Å². The summed E-state index contributed by atoms with van der Waals surface area (Å²) in [5, 5.41) is 11.2. The summed E-state index contributed by atoms with van der Waals surface area (Å²) in [7, 11) is 1.33. The van der Waals surface area contributed by atoms with Crippen LogP contribution < -0.4 is 5.32 Å². The second kappa shape index (κ2) is 4.11. The van der Waals surface area contributed by atoms with E-state index in [0.29, 0.717) is 0 Å². The average Bonchev–Trinajstić information content (AvgIpc) is 2.55. The van der Waals surface area contributed by atoms with Crippen LogP contribution in [0.1, 0.15) is 20.8 Å². The molecule has 2 heterocycles. The molecule has 0 aromatic heterocycles. The number of ether oxygens (including phenoxy) is 1. The summed E-state index contributed by atoms with van der Waals surface area (Å²) in [6.07, 6.45) is 0. The maximum Gasteiger partial charge on any atom is 0.327 e. The molecule has 0 radical (unpaired) electrons. The van der Waals surface area contributed by atoms with Crippen molar-refractivity contribution in [2.45, 2.75) is 42.7 Å². The van der Waals surface area contributed by atoms with E-state index in [2.05, 4.69) is 5.32 Å². The van der Waals surface area contributed by atoms with E-state index in [0.717, 1.165) is 0 Å². The summed E-state index contributed by atoms with van der Waals surface area (Å²) in [6, 6.07) is -0.924. The van der Waals surface area contributed by atoms with Crippen molar-refractivity contribution in [2.75, 3.05) is 7.11 Å². The first-order valence-corrected chi connectivity index (χ1v) is 6.62. The van der Waals surface area contributed by atoms with E-state index in [1.165, 1.54) is 30.7 Å².